The Bertz CT molecular complexity index is 1310. The van der Waals surface area contributed by atoms with Crippen molar-refractivity contribution in [1.82, 2.24) is 30.4 Å². The monoisotopic (exact) mass is 445 g/mol. The zero-order valence-corrected chi connectivity index (χ0v) is 18.5. The fourth-order valence-electron chi connectivity index (χ4n) is 4.05. The fourth-order valence-corrected chi connectivity index (χ4v) is 4.05. The summed E-state index contributed by atoms with van der Waals surface area (Å²) >= 11 is 0. The van der Waals surface area contributed by atoms with Crippen LogP contribution < -0.4 is 10.2 Å². The van der Waals surface area contributed by atoms with Crippen molar-refractivity contribution in [3.8, 4) is 22.6 Å². The Kier molecular flexibility index (Phi) is 5.47. The number of nitrogens with one attached hydrogen (secondary N) is 2. The number of anilines is 1. The van der Waals surface area contributed by atoms with E-state index in [4.69, 9.17) is 0 Å². The lowest BCUT2D eigenvalue weighted by Crippen LogP contribution is -2.44. The highest BCUT2D eigenvalue weighted by molar-refractivity contribution is 5.96. The van der Waals surface area contributed by atoms with Gasteiger partial charge in [0.1, 0.15) is 22.5 Å². The molecule has 4 aromatic rings. The van der Waals surface area contributed by atoms with Crippen LogP contribution in [0.25, 0.3) is 33.7 Å². The molecule has 9 heteroatoms. The van der Waals surface area contributed by atoms with Gasteiger partial charge < -0.3 is 15.1 Å². The van der Waals surface area contributed by atoms with E-state index in [1.165, 1.54) is 18.8 Å². The average Bonchev–Trinajstić information content (AvgIpc) is 3.27. The Balaban J connectivity index is 1.49. The minimum absolute atomic E-state index is 0.0504. The molecule has 3 heterocycles. The molecule has 0 saturated carbocycles. The van der Waals surface area contributed by atoms with E-state index in [0.717, 1.165) is 31.7 Å². The zero-order valence-electron chi connectivity index (χ0n) is 18.5. The average molecular weight is 446 g/mol. The number of carbonyl (C=O) groups excluding carboxylic acids is 1. The number of nitrogens with zero attached hydrogens (tertiary/aromatic N) is 5. The number of amides is 1. The van der Waals surface area contributed by atoms with Crippen molar-refractivity contribution in [3.05, 3.63) is 60.0 Å². The number of H-pyrrole nitrogens is 1. The van der Waals surface area contributed by atoms with Crippen LogP contribution in [-0.4, -0.2) is 71.2 Å². The van der Waals surface area contributed by atoms with E-state index in [2.05, 4.69) is 54.5 Å². The maximum absolute atomic E-state index is 15.0. The third-order valence-electron chi connectivity index (χ3n) is 6.02. The summed E-state index contributed by atoms with van der Waals surface area (Å²) in [4.78, 5) is 25.6. The molecule has 2 N–H and O–H groups in total. The van der Waals surface area contributed by atoms with Crippen LogP contribution >= 0.6 is 0 Å². The summed E-state index contributed by atoms with van der Waals surface area (Å²) in [5, 5.41) is 9.83. The van der Waals surface area contributed by atoms with E-state index >= 15 is 4.39 Å². The number of benzene rings is 2. The van der Waals surface area contributed by atoms with Crippen molar-refractivity contribution in [1.29, 1.82) is 0 Å². The largest absolute Gasteiger partial charge is 0.369 e. The Morgan fingerprint density at radius 1 is 1.09 bits per heavy atom. The lowest BCUT2D eigenvalue weighted by atomic mass is 10.1. The molecule has 0 radical (unpaired) electrons. The molecular weight excluding hydrogens is 421 g/mol. The second-order valence-corrected chi connectivity index (χ2v) is 8.11. The van der Waals surface area contributed by atoms with Crippen molar-refractivity contribution in [2.24, 2.45) is 0 Å². The Morgan fingerprint density at radius 2 is 1.85 bits per heavy atom. The van der Waals surface area contributed by atoms with E-state index in [0.29, 0.717) is 16.7 Å². The fraction of sp³-hybridized carbons (Fsp3) is 0.250. The van der Waals surface area contributed by atoms with Crippen molar-refractivity contribution >= 4 is 22.6 Å². The second-order valence-electron chi connectivity index (χ2n) is 8.11. The third-order valence-corrected chi connectivity index (χ3v) is 6.02. The number of hydrogen-bond acceptors (Lipinski definition) is 6. The van der Waals surface area contributed by atoms with Crippen LogP contribution in [0.4, 0.5) is 10.1 Å². The van der Waals surface area contributed by atoms with Crippen molar-refractivity contribution in [3.63, 3.8) is 0 Å². The summed E-state index contributed by atoms with van der Waals surface area (Å²) in [5.74, 6) is -0.958. The van der Waals surface area contributed by atoms with Gasteiger partial charge in [-0.2, -0.15) is 5.10 Å². The van der Waals surface area contributed by atoms with Gasteiger partial charge in [-0.3, -0.25) is 9.89 Å². The third kappa shape index (κ3) is 3.91. The molecule has 0 bridgehead atoms. The first kappa shape index (κ1) is 21.0. The number of hydrogen-bond donors (Lipinski definition) is 2. The number of likely N-dealkylation sites (N-methyl/N-ethyl adjacent to an activating group) is 1. The van der Waals surface area contributed by atoms with Gasteiger partial charge in [-0.25, -0.2) is 14.4 Å². The number of halogens is 1. The van der Waals surface area contributed by atoms with Crippen molar-refractivity contribution < 1.29 is 9.18 Å². The highest BCUT2D eigenvalue weighted by atomic mass is 19.1. The number of carbonyl (C=O) groups is 1. The first-order chi connectivity index (χ1) is 16.0. The normalized spacial score (nSPS) is 14.6. The quantitative estimate of drug-likeness (QED) is 0.502. The van der Waals surface area contributed by atoms with Crippen LogP contribution in [0.15, 0.2) is 48.7 Å². The van der Waals surface area contributed by atoms with Gasteiger partial charge in [-0.05, 0) is 31.3 Å². The molecule has 1 amide bonds. The topological polar surface area (TPSA) is 90.0 Å². The molecule has 1 saturated heterocycles. The minimum Gasteiger partial charge on any atom is -0.369 e. The van der Waals surface area contributed by atoms with Crippen LogP contribution in [0.5, 0.6) is 0 Å². The summed E-state index contributed by atoms with van der Waals surface area (Å²) in [6.07, 6.45) is 1.58. The molecule has 1 fully saturated rings. The number of aromatic amines is 1. The summed E-state index contributed by atoms with van der Waals surface area (Å²) in [5.41, 5.74) is 4.11. The maximum atomic E-state index is 15.0. The van der Waals surface area contributed by atoms with Gasteiger partial charge in [0.25, 0.3) is 5.91 Å². The summed E-state index contributed by atoms with van der Waals surface area (Å²) in [7, 11) is 3.60. The smallest absolute Gasteiger partial charge is 0.254 e. The molecule has 1 aliphatic heterocycles. The van der Waals surface area contributed by atoms with Crippen molar-refractivity contribution in [2.75, 3.05) is 45.2 Å². The van der Waals surface area contributed by atoms with Gasteiger partial charge in [0.15, 0.2) is 5.82 Å². The number of piperazine rings is 1. The standard InChI is InChI=1S/C24H24FN7O/c1-26-24(33)18-5-3-4-17(20(18)25)23-27-14-19-22(28-23)21(30-29-19)15-6-8-16(9-7-15)32-12-10-31(2)11-13-32/h3-9,14H,10-13H2,1-2H3,(H,26,33)(H,29,30). The molecule has 2 aromatic carbocycles. The van der Waals surface area contributed by atoms with Crippen LogP contribution in [-0.2, 0) is 0 Å². The molecule has 0 aliphatic carbocycles. The van der Waals surface area contributed by atoms with E-state index in [-0.39, 0.29) is 17.0 Å². The predicted molar refractivity (Wildman–Crippen MR) is 126 cm³/mol. The maximum Gasteiger partial charge on any atom is 0.254 e. The Morgan fingerprint density at radius 3 is 2.58 bits per heavy atom. The molecule has 0 spiro atoms. The molecule has 5 rings (SSSR count). The zero-order chi connectivity index (χ0) is 22.9. The highest BCUT2D eigenvalue weighted by Gasteiger charge is 2.19. The molecule has 168 valence electrons. The SMILES string of the molecule is CNC(=O)c1cccc(-c2ncc3[nH]nc(-c4ccc(N5CCN(C)CC5)cc4)c3n2)c1F. The van der Waals surface area contributed by atoms with Crippen LogP contribution in [0.3, 0.4) is 0 Å². The molecule has 2 aromatic heterocycles. The first-order valence-corrected chi connectivity index (χ1v) is 10.8. The molecule has 33 heavy (non-hydrogen) atoms. The summed E-state index contributed by atoms with van der Waals surface area (Å²) < 4.78 is 15.0. The van der Waals surface area contributed by atoms with E-state index in [1.54, 1.807) is 18.3 Å². The predicted octanol–water partition coefficient (Wildman–Crippen LogP) is 2.94. The molecular formula is C24H24FN7O. The number of fused-ring (bicyclic) bond motifs is 1. The van der Waals surface area contributed by atoms with Gasteiger partial charge in [0.05, 0.1) is 17.3 Å². The number of rotatable bonds is 4. The second kappa shape index (κ2) is 8.59. The van der Waals surface area contributed by atoms with Gasteiger partial charge in [-0.15, -0.1) is 0 Å². The minimum atomic E-state index is -0.655. The van der Waals surface area contributed by atoms with Gasteiger partial charge in [-0.1, -0.05) is 18.2 Å². The molecule has 8 nitrogen and oxygen atoms in total. The summed E-state index contributed by atoms with van der Waals surface area (Å²) in [6, 6.07) is 12.8. The van der Waals surface area contributed by atoms with E-state index < -0.39 is 11.7 Å². The first-order valence-electron chi connectivity index (χ1n) is 10.8. The van der Waals surface area contributed by atoms with Crippen LogP contribution in [0.2, 0.25) is 0 Å². The van der Waals surface area contributed by atoms with Gasteiger partial charge >= 0.3 is 0 Å². The van der Waals surface area contributed by atoms with Crippen LogP contribution in [0.1, 0.15) is 10.4 Å². The Hall–Kier alpha value is -3.85. The Labute approximate surface area is 190 Å². The van der Waals surface area contributed by atoms with Crippen LogP contribution in [0, 0.1) is 5.82 Å². The molecule has 1 aliphatic rings. The van der Waals surface area contributed by atoms with Crippen molar-refractivity contribution in [2.45, 2.75) is 0 Å². The van der Waals surface area contributed by atoms with E-state index in [1.807, 2.05) is 12.1 Å². The number of aromatic nitrogens is 4. The highest BCUT2D eigenvalue weighted by Crippen LogP contribution is 2.29. The van der Waals surface area contributed by atoms with Gasteiger partial charge in [0.2, 0.25) is 0 Å². The van der Waals surface area contributed by atoms with Gasteiger partial charge in [0, 0.05) is 44.5 Å². The lowest BCUT2D eigenvalue weighted by molar-refractivity contribution is 0.0959. The molecule has 0 unspecified atom stereocenters. The molecule has 0 atom stereocenters. The summed E-state index contributed by atoms with van der Waals surface area (Å²) in [6.45, 7) is 4.09. The van der Waals surface area contributed by atoms with E-state index in [9.17, 15) is 4.79 Å². The lowest BCUT2D eigenvalue weighted by Gasteiger charge is -2.34.